The first-order valence-electron chi connectivity index (χ1n) is 11.8. The van der Waals surface area contributed by atoms with E-state index in [0.717, 1.165) is 24.7 Å². The molecule has 160 valence electrons. The van der Waals surface area contributed by atoms with E-state index >= 15 is 0 Å². The fourth-order valence-electron chi connectivity index (χ4n) is 7.38. The second-order valence-electron chi connectivity index (χ2n) is 12.5. The van der Waals surface area contributed by atoms with E-state index in [2.05, 4.69) is 34.6 Å². The maximum atomic E-state index is 13.1. The molecule has 4 fully saturated rings. The minimum Gasteiger partial charge on any atom is -0.435 e. The van der Waals surface area contributed by atoms with E-state index in [1.165, 1.54) is 38.5 Å². The molecule has 4 saturated carbocycles. The van der Waals surface area contributed by atoms with Crippen LogP contribution in [0.15, 0.2) is 0 Å². The lowest BCUT2D eigenvalue weighted by atomic mass is 9.69. The van der Waals surface area contributed by atoms with E-state index in [-0.39, 0.29) is 28.3 Å². The molecule has 0 aliphatic heterocycles. The zero-order valence-corrected chi connectivity index (χ0v) is 19.3. The Hall–Kier alpha value is -0.570. The summed E-state index contributed by atoms with van der Waals surface area (Å²) in [6.07, 6.45) is 9.44. The number of carbonyl (C=O) groups excluding carboxylic acids is 1. The van der Waals surface area contributed by atoms with E-state index in [4.69, 9.17) is 9.47 Å². The Morgan fingerprint density at radius 1 is 1.07 bits per heavy atom. The van der Waals surface area contributed by atoms with Crippen molar-refractivity contribution in [1.29, 1.82) is 0 Å². The van der Waals surface area contributed by atoms with Gasteiger partial charge in [-0.05, 0) is 87.4 Å². The summed E-state index contributed by atoms with van der Waals surface area (Å²) >= 11 is 0. The highest BCUT2D eigenvalue weighted by Crippen LogP contribution is 2.65. The van der Waals surface area contributed by atoms with Crippen molar-refractivity contribution in [1.82, 2.24) is 0 Å². The molecule has 7 unspecified atom stereocenters. The third-order valence-electron chi connectivity index (χ3n) is 9.79. The first-order chi connectivity index (χ1) is 12.9. The zero-order valence-electron chi connectivity index (χ0n) is 19.3. The molecule has 4 rings (SSSR count). The number of ether oxygens (including phenoxy) is 2. The number of fused-ring (bicyclic) bond motifs is 4. The van der Waals surface area contributed by atoms with Crippen LogP contribution in [0.2, 0.25) is 0 Å². The SMILES string of the molecule is CCC(C)(C)C(=O)OC(OC1C2(C)CCC(C2)C1(C)C)C1(C)CC2CCC1C2. The summed E-state index contributed by atoms with van der Waals surface area (Å²) in [4.78, 5) is 13.1. The lowest BCUT2D eigenvalue weighted by Crippen LogP contribution is -2.51. The van der Waals surface area contributed by atoms with Crippen molar-refractivity contribution in [3.05, 3.63) is 0 Å². The Labute approximate surface area is 172 Å². The summed E-state index contributed by atoms with van der Waals surface area (Å²) in [5.74, 6) is 2.08. The minimum atomic E-state index is -0.455. The van der Waals surface area contributed by atoms with Crippen LogP contribution >= 0.6 is 0 Å². The van der Waals surface area contributed by atoms with E-state index in [0.29, 0.717) is 5.92 Å². The average molecular weight is 391 g/mol. The van der Waals surface area contributed by atoms with E-state index in [1.807, 2.05) is 13.8 Å². The van der Waals surface area contributed by atoms with E-state index in [9.17, 15) is 4.79 Å². The van der Waals surface area contributed by atoms with Crippen LogP contribution in [0, 0.1) is 39.4 Å². The van der Waals surface area contributed by atoms with Gasteiger partial charge in [0, 0.05) is 5.41 Å². The van der Waals surface area contributed by atoms with Crippen molar-refractivity contribution in [3.8, 4) is 0 Å². The van der Waals surface area contributed by atoms with Gasteiger partial charge < -0.3 is 9.47 Å². The molecule has 0 amide bonds. The first-order valence-corrected chi connectivity index (χ1v) is 11.8. The van der Waals surface area contributed by atoms with Crippen LogP contribution in [0.5, 0.6) is 0 Å². The Morgan fingerprint density at radius 2 is 1.79 bits per heavy atom. The smallest absolute Gasteiger partial charge is 0.313 e. The van der Waals surface area contributed by atoms with Crippen LogP contribution in [0.1, 0.15) is 99.8 Å². The highest BCUT2D eigenvalue weighted by atomic mass is 16.7. The third-order valence-corrected chi connectivity index (χ3v) is 9.79. The van der Waals surface area contributed by atoms with Gasteiger partial charge in [-0.2, -0.15) is 0 Å². The summed E-state index contributed by atoms with van der Waals surface area (Å²) in [5, 5.41) is 0. The summed E-state index contributed by atoms with van der Waals surface area (Å²) in [6.45, 7) is 15.6. The van der Waals surface area contributed by atoms with Crippen molar-refractivity contribution in [2.75, 3.05) is 0 Å². The van der Waals surface area contributed by atoms with Gasteiger partial charge in [0.05, 0.1) is 11.5 Å². The van der Waals surface area contributed by atoms with Crippen LogP contribution in [-0.4, -0.2) is 18.4 Å². The summed E-state index contributed by atoms with van der Waals surface area (Å²) in [7, 11) is 0. The predicted molar refractivity (Wildman–Crippen MR) is 112 cm³/mol. The zero-order chi connectivity index (χ0) is 20.5. The van der Waals surface area contributed by atoms with Crippen LogP contribution in [0.3, 0.4) is 0 Å². The highest BCUT2D eigenvalue weighted by molar-refractivity contribution is 5.76. The molecule has 0 saturated heterocycles. The number of carbonyl (C=O) groups is 1. The molecule has 3 heteroatoms. The maximum absolute atomic E-state index is 13.1. The van der Waals surface area contributed by atoms with Crippen molar-refractivity contribution < 1.29 is 14.3 Å². The van der Waals surface area contributed by atoms with Gasteiger partial charge >= 0.3 is 5.97 Å². The molecule has 0 N–H and O–H groups in total. The molecule has 0 spiro atoms. The van der Waals surface area contributed by atoms with Gasteiger partial charge in [-0.1, -0.05) is 41.0 Å². The molecule has 3 nitrogen and oxygen atoms in total. The highest BCUT2D eigenvalue weighted by Gasteiger charge is 2.63. The van der Waals surface area contributed by atoms with Crippen molar-refractivity contribution in [2.45, 2.75) is 112 Å². The standard InChI is InChI=1S/C25H42O3/c1-8-22(2,3)20(26)28-21(25(7)14-16-9-10-17(25)13-16)27-19-23(4,5)18-11-12-24(19,6)15-18/h16-19,21H,8-15H2,1-7H3. The summed E-state index contributed by atoms with van der Waals surface area (Å²) < 4.78 is 13.3. The maximum Gasteiger partial charge on any atom is 0.313 e. The first kappa shape index (κ1) is 20.7. The number of hydrogen-bond donors (Lipinski definition) is 0. The normalized spacial score (nSPS) is 44.8. The van der Waals surface area contributed by atoms with E-state index < -0.39 is 11.7 Å². The molecule has 7 atom stereocenters. The fourth-order valence-corrected chi connectivity index (χ4v) is 7.38. The van der Waals surface area contributed by atoms with Gasteiger partial charge in [-0.25, -0.2) is 0 Å². The largest absolute Gasteiger partial charge is 0.435 e. The van der Waals surface area contributed by atoms with Gasteiger partial charge in [0.2, 0.25) is 6.29 Å². The number of hydrogen-bond acceptors (Lipinski definition) is 3. The molecule has 0 aromatic carbocycles. The molecule has 4 aliphatic rings. The molecular formula is C25H42O3. The van der Waals surface area contributed by atoms with Crippen LogP contribution in [0.25, 0.3) is 0 Å². The topological polar surface area (TPSA) is 35.5 Å². The van der Waals surface area contributed by atoms with Crippen molar-refractivity contribution in [3.63, 3.8) is 0 Å². The Kier molecular flexibility index (Phi) is 4.78. The summed E-state index contributed by atoms with van der Waals surface area (Å²) in [6, 6.07) is 0. The monoisotopic (exact) mass is 390 g/mol. The molecule has 0 heterocycles. The molecular weight excluding hydrogens is 348 g/mol. The van der Waals surface area contributed by atoms with Gasteiger partial charge in [0.15, 0.2) is 0 Å². The van der Waals surface area contributed by atoms with Crippen LogP contribution < -0.4 is 0 Å². The lowest BCUT2D eigenvalue weighted by Gasteiger charge is -2.48. The van der Waals surface area contributed by atoms with Gasteiger partial charge in [-0.3, -0.25) is 4.79 Å². The fraction of sp³-hybridized carbons (Fsp3) is 0.960. The average Bonchev–Trinajstić information content (AvgIpc) is 3.35. The number of rotatable bonds is 6. The second-order valence-corrected chi connectivity index (χ2v) is 12.5. The predicted octanol–water partition coefficient (Wildman–Crippen LogP) is 6.35. The molecule has 4 aliphatic carbocycles. The minimum absolute atomic E-state index is 0.0311. The van der Waals surface area contributed by atoms with Crippen molar-refractivity contribution >= 4 is 5.97 Å². The van der Waals surface area contributed by atoms with Crippen molar-refractivity contribution in [2.24, 2.45) is 39.4 Å². The molecule has 0 radical (unpaired) electrons. The van der Waals surface area contributed by atoms with Gasteiger partial charge in [0.25, 0.3) is 0 Å². The quantitative estimate of drug-likeness (QED) is 0.391. The third kappa shape index (κ3) is 2.97. The Balaban J connectivity index is 1.61. The summed E-state index contributed by atoms with van der Waals surface area (Å²) in [5.41, 5.74) is -0.0979. The molecule has 0 aromatic heterocycles. The van der Waals surface area contributed by atoms with Gasteiger partial charge in [0.1, 0.15) is 0 Å². The Bertz CT molecular complexity index is 633. The molecule has 4 bridgehead atoms. The van der Waals surface area contributed by atoms with Crippen LogP contribution in [-0.2, 0) is 14.3 Å². The molecule has 0 aromatic rings. The second kappa shape index (κ2) is 6.46. The Morgan fingerprint density at radius 3 is 2.29 bits per heavy atom. The molecule has 28 heavy (non-hydrogen) atoms. The lowest BCUT2D eigenvalue weighted by molar-refractivity contribution is -0.265. The number of esters is 1. The van der Waals surface area contributed by atoms with Gasteiger partial charge in [-0.15, -0.1) is 0 Å². The van der Waals surface area contributed by atoms with E-state index in [1.54, 1.807) is 0 Å². The van der Waals surface area contributed by atoms with Crippen LogP contribution in [0.4, 0.5) is 0 Å².